The second kappa shape index (κ2) is 7.64. The van der Waals surface area contributed by atoms with Crippen LogP contribution in [0.3, 0.4) is 0 Å². The number of methoxy groups -OCH3 is 1. The summed E-state index contributed by atoms with van der Waals surface area (Å²) in [5.41, 5.74) is 3.11. The third-order valence-electron chi connectivity index (χ3n) is 3.68. The maximum atomic E-state index is 12.3. The van der Waals surface area contributed by atoms with Crippen molar-refractivity contribution in [1.29, 1.82) is 0 Å². The minimum absolute atomic E-state index is 0.00514. The van der Waals surface area contributed by atoms with Gasteiger partial charge in [-0.05, 0) is 62.7 Å². The molecule has 5 heteroatoms. The molecule has 0 radical (unpaired) electrons. The first-order valence-electron chi connectivity index (χ1n) is 7.73. The number of Topliss-reactive ketones (excluding diaryl/α,β-unsaturated/α-hetero) is 1. The highest BCUT2D eigenvalue weighted by Gasteiger charge is 2.15. The van der Waals surface area contributed by atoms with Crippen LogP contribution in [0.2, 0.25) is 0 Å². The van der Waals surface area contributed by atoms with Gasteiger partial charge in [0.05, 0.1) is 12.8 Å². The van der Waals surface area contributed by atoms with E-state index < -0.39 is 6.04 Å². The molecule has 0 aliphatic carbocycles. The summed E-state index contributed by atoms with van der Waals surface area (Å²) in [6.07, 6.45) is 0. The zero-order chi connectivity index (χ0) is 17.7. The summed E-state index contributed by atoms with van der Waals surface area (Å²) in [7, 11) is 1.59. The number of carbonyl (C=O) groups is 2. The Kier molecular flexibility index (Phi) is 5.58. The van der Waals surface area contributed by atoms with E-state index in [0.717, 1.165) is 11.3 Å². The van der Waals surface area contributed by atoms with E-state index in [2.05, 4.69) is 10.6 Å². The van der Waals surface area contributed by atoms with E-state index >= 15 is 0 Å². The minimum Gasteiger partial charge on any atom is -0.495 e. The number of aryl methyl sites for hydroxylation is 1. The molecule has 2 aromatic carbocycles. The van der Waals surface area contributed by atoms with Crippen molar-refractivity contribution in [2.75, 3.05) is 17.7 Å². The van der Waals surface area contributed by atoms with Gasteiger partial charge in [0.25, 0.3) is 0 Å². The van der Waals surface area contributed by atoms with Gasteiger partial charge in [0, 0.05) is 11.3 Å². The second-order valence-electron chi connectivity index (χ2n) is 5.69. The Morgan fingerprint density at radius 2 is 1.75 bits per heavy atom. The number of ketones is 1. The lowest BCUT2D eigenvalue weighted by molar-refractivity contribution is -0.116. The number of rotatable bonds is 6. The lowest BCUT2D eigenvalue weighted by Crippen LogP contribution is -2.32. The molecule has 0 fully saturated rings. The molecule has 0 aliphatic rings. The van der Waals surface area contributed by atoms with Crippen molar-refractivity contribution in [2.45, 2.75) is 26.8 Å². The van der Waals surface area contributed by atoms with Crippen LogP contribution >= 0.6 is 0 Å². The Labute approximate surface area is 142 Å². The minimum atomic E-state index is -0.451. The standard InChI is InChI=1S/C19H22N2O3/c1-12-5-10-18(24-4)17(11-12)20-13(2)19(23)21-16-8-6-15(7-9-16)14(3)22/h5-11,13,20H,1-4H3,(H,21,23)/t13-/m0/s1. The number of nitrogens with one attached hydrogen (secondary N) is 2. The lowest BCUT2D eigenvalue weighted by Gasteiger charge is -2.18. The topological polar surface area (TPSA) is 67.4 Å². The molecule has 2 N–H and O–H groups in total. The molecule has 0 bridgehead atoms. The molecule has 24 heavy (non-hydrogen) atoms. The van der Waals surface area contributed by atoms with Crippen LogP contribution in [0.25, 0.3) is 0 Å². The Morgan fingerprint density at radius 3 is 2.33 bits per heavy atom. The number of benzene rings is 2. The average Bonchev–Trinajstić information content (AvgIpc) is 2.55. The fourth-order valence-electron chi connectivity index (χ4n) is 2.27. The van der Waals surface area contributed by atoms with E-state index in [0.29, 0.717) is 17.0 Å². The molecule has 1 amide bonds. The van der Waals surface area contributed by atoms with Gasteiger partial charge in [-0.15, -0.1) is 0 Å². The molecule has 126 valence electrons. The zero-order valence-electron chi connectivity index (χ0n) is 14.3. The molecular formula is C19H22N2O3. The highest BCUT2D eigenvalue weighted by molar-refractivity contribution is 5.98. The molecule has 0 aliphatic heterocycles. The molecule has 1 atom stereocenters. The number of hydrogen-bond acceptors (Lipinski definition) is 4. The number of ether oxygens (including phenoxy) is 1. The zero-order valence-corrected chi connectivity index (χ0v) is 14.3. The number of hydrogen-bond donors (Lipinski definition) is 2. The van der Waals surface area contributed by atoms with Crippen LogP contribution in [0, 0.1) is 6.92 Å². The largest absolute Gasteiger partial charge is 0.495 e. The average molecular weight is 326 g/mol. The highest BCUT2D eigenvalue weighted by Crippen LogP contribution is 2.26. The Balaban J connectivity index is 2.04. The normalized spacial score (nSPS) is 11.5. The predicted octanol–water partition coefficient (Wildman–Crippen LogP) is 3.65. The van der Waals surface area contributed by atoms with Gasteiger partial charge in [-0.25, -0.2) is 0 Å². The monoisotopic (exact) mass is 326 g/mol. The first-order chi connectivity index (χ1) is 11.4. The molecule has 0 heterocycles. The van der Waals surface area contributed by atoms with Gasteiger partial charge in [-0.1, -0.05) is 6.07 Å². The lowest BCUT2D eigenvalue weighted by atomic mass is 10.1. The molecule has 0 spiro atoms. The van der Waals surface area contributed by atoms with E-state index in [9.17, 15) is 9.59 Å². The summed E-state index contributed by atoms with van der Waals surface area (Å²) in [6.45, 7) is 5.27. The van der Waals surface area contributed by atoms with Crippen LogP contribution in [0.5, 0.6) is 5.75 Å². The van der Waals surface area contributed by atoms with Crippen molar-refractivity contribution in [1.82, 2.24) is 0 Å². The second-order valence-corrected chi connectivity index (χ2v) is 5.69. The van der Waals surface area contributed by atoms with E-state index in [-0.39, 0.29) is 11.7 Å². The van der Waals surface area contributed by atoms with Crippen LogP contribution in [0.15, 0.2) is 42.5 Å². The van der Waals surface area contributed by atoms with Crippen LogP contribution in [-0.4, -0.2) is 24.8 Å². The van der Waals surface area contributed by atoms with Gasteiger partial charge < -0.3 is 15.4 Å². The maximum absolute atomic E-state index is 12.3. The number of anilines is 2. The van der Waals surface area contributed by atoms with E-state index in [4.69, 9.17) is 4.74 Å². The fraction of sp³-hybridized carbons (Fsp3) is 0.263. The Hall–Kier alpha value is -2.82. The summed E-state index contributed by atoms with van der Waals surface area (Å²) in [6, 6.07) is 12.1. The molecule has 0 saturated heterocycles. The number of amides is 1. The van der Waals surface area contributed by atoms with Crippen molar-refractivity contribution in [3.05, 3.63) is 53.6 Å². The summed E-state index contributed by atoms with van der Waals surface area (Å²) in [5, 5.41) is 5.99. The van der Waals surface area contributed by atoms with Crippen molar-refractivity contribution in [3.8, 4) is 5.75 Å². The highest BCUT2D eigenvalue weighted by atomic mass is 16.5. The third-order valence-corrected chi connectivity index (χ3v) is 3.68. The molecule has 0 aromatic heterocycles. The van der Waals surface area contributed by atoms with Crippen LogP contribution in [0.1, 0.15) is 29.8 Å². The Bertz CT molecular complexity index is 739. The van der Waals surface area contributed by atoms with E-state index in [1.165, 1.54) is 6.92 Å². The molecule has 2 aromatic rings. The van der Waals surface area contributed by atoms with Crippen LogP contribution in [0.4, 0.5) is 11.4 Å². The molecular weight excluding hydrogens is 304 g/mol. The smallest absolute Gasteiger partial charge is 0.246 e. The van der Waals surface area contributed by atoms with Gasteiger partial charge in [-0.3, -0.25) is 9.59 Å². The van der Waals surface area contributed by atoms with E-state index in [1.807, 2.05) is 25.1 Å². The summed E-state index contributed by atoms with van der Waals surface area (Å²) in [5.74, 6) is 0.509. The molecule has 2 rings (SSSR count). The van der Waals surface area contributed by atoms with Crippen molar-refractivity contribution in [2.24, 2.45) is 0 Å². The first kappa shape index (κ1) is 17.5. The van der Waals surface area contributed by atoms with E-state index in [1.54, 1.807) is 38.3 Å². The third kappa shape index (κ3) is 4.35. The maximum Gasteiger partial charge on any atom is 0.246 e. The van der Waals surface area contributed by atoms with Gasteiger partial charge in [-0.2, -0.15) is 0 Å². The quantitative estimate of drug-likeness (QED) is 0.795. The molecule has 0 saturated carbocycles. The summed E-state index contributed by atoms with van der Waals surface area (Å²) < 4.78 is 5.31. The van der Waals surface area contributed by atoms with Crippen LogP contribution in [-0.2, 0) is 4.79 Å². The molecule has 0 unspecified atom stereocenters. The van der Waals surface area contributed by atoms with Gasteiger partial charge in [0.2, 0.25) is 5.91 Å². The molecule has 5 nitrogen and oxygen atoms in total. The fourth-order valence-corrected chi connectivity index (χ4v) is 2.27. The van der Waals surface area contributed by atoms with Gasteiger partial charge >= 0.3 is 0 Å². The van der Waals surface area contributed by atoms with Gasteiger partial charge in [0.1, 0.15) is 11.8 Å². The SMILES string of the molecule is COc1ccc(C)cc1N[C@@H](C)C(=O)Nc1ccc(C(C)=O)cc1. The summed E-state index contributed by atoms with van der Waals surface area (Å²) >= 11 is 0. The van der Waals surface area contributed by atoms with Crippen molar-refractivity contribution >= 4 is 23.1 Å². The van der Waals surface area contributed by atoms with Crippen molar-refractivity contribution in [3.63, 3.8) is 0 Å². The first-order valence-corrected chi connectivity index (χ1v) is 7.73. The van der Waals surface area contributed by atoms with Crippen LogP contribution < -0.4 is 15.4 Å². The van der Waals surface area contributed by atoms with Gasteiger partial charge in [0.15, 0.2) is 5.78 Å². The van der Waals surface area contributed by atoms with Crippen molar-refractivity contribution < 1.29 is 14.3 Å². The predicted molar refractivity (Wildman–Crippen MR) is 95.9 cm³/mol. The summed E-state index contributed by atoms with van der Waals surface area (Å²) in [4.78, 5) is 23.6. The Morgan fingerprint density at radius 1 is 1.08 bits per heavy atom. The number of carbonyl (C=O) groups excluding carboxylic acids is 2.